The molecule has 2 atom stereocenters. The molecule has 4 heterocycles. The van der Waals surface area contributed by atoms with Crippen molar-refractivity contribution in [3.8, 4) is 0 Å². The number of anilines is 1. The lowest BCUT2D eigenvalue weighted by molar-refractivity contribution is -0.192. The number of carboxylic acids is 1. The van der Waals surface area contributed by atoms with E-state index in [-0.39, 0.29) is 5.91 Å². The smallest absolute Gasteiger partial charge is 0.475 e. The summed E-state index contributed by atoms with van der Waals surface area (Å²) in [5.41, 5.74) is 0.662. The minimum absolute atomic E-state index is 0.0884. The minimum Gasteiger partial charge on any atom is -0.475 e. The highest BCUT2D eigenvalue weighted by molar-refractivity contribution is 5.92. The predicted octanol–water partition coefficient (Wildman–Crippen LogP) is 1.44. The molecule has 0 aromatic carbocycles. The maximum atomic E-state index is 12.7. The van der Waals surface area contributed by atoms with Crippen LogP contribution in [0.15, 0.2) is 31.1 Å². The van der Waals surface area contributed by atoms with E-state index in [1.807, 2.05) is 18.1 Å². The van der Waals surface area contributed by atoms with Crippen molar-refractivity contribution in [2.45, 2.75) is 12.6 Å². The van der Waals surface area contributed by atoms with Gasteiger partial charge in [0.05, 0.1) is 18.7 Å². The molecule has 2 fully saturated rings. The summed E-state index contributed by atoms with van der Waals surface area (Å²) < 4.78 is 33.5. The normalized spacial score (nSPS) is 20.9. The lowest BCUT2D eigenvalue weighted by atomic mass is 9.89. The molecule has 0 saturated carbocycles. The summed E-state index contributed by atoms with van der Waals surface area (Å²) >= 11 is 0. The van der Waals surface area contributed by atoms with Gasteiger partial charge in [0.2, 0.25) is 0 Å². The van der Waals surface area contributed by atoms with Crippen LogP contribution in [0.2, 0.25) is 0 Å². The van der Waals surface area contributed by atoms with Gasteiger partial charge in [-0.25, -0.2) is 14.8 Å². The number of fused-ring (bicyclic) bond motifs is 1. The summed E-state index contributed by atoms with van der Waals surface area (Å²) in [7, 11) is 1.86. The first kappa shape index (κ1) is 21.5. The molecule has 0 aliphatic carbocycles. The molecule has 1 amide bonds. The number of carboxylic acid groups (broad SMARTS) is 1. The Morgan fingerprint density at radius 2 is 1.80 bits per heavy atom. The molecule has 2 aromatic rings. The number of carbonyl (C=O) groups is 2. The molecule has 4 rings (SSSR count). The average Bonchev–Trinajstić information content (AvgIpc) is 3.33. The topological polar surface area (TPSA) is 104 Å². The number of amides is 1. The number of carbonyl (C=O) groups excluding carboxylic acids is 1. The second-order valence-electron chi connectivity index (χ2n) is 7.22. The number of imidazole rings is 1. The molecule has 2 aliphatic heterocycles. The number of hydrogen-bond acceptors (Lipinski definition) is 6. The van der Waals surface area contributed by atoms with Crippen molar-refractivity contribution in [2.75, 3.05) is 31.1 Å². The largest absolute Gasteiger partial charge is 0.490 e. The highest BCUT2D eigenvalue weighted by Crippen LogP contribution is 2.33. The first-order valence-corrected chi connectivity index (χ1v) is 9.23. The highest BCUT2D eigenvalue weighted by atomic mass is 19.4. The highest BCUT2D eigenvalue weighted by Gasteiger charge is 2.40. The van der Waals surface area contributed by atoms with Crippen LogP contribution in [0, 0.1) is 11.8 Å². The number of halogens is 3. The Morgan fingerprint density at radius 3 is 2.37 bits per heavy atom. The van der Waals surface area contributed by atoms with Gasteiger partial charge in [0.25, 0.3) is 5.91 Å². The molecule has 0 spiro atoms. The molecular formula is C18H21F3N6O3. The van der Waals surface area contributed by atoms with Crippen LogP contribution in [0.25, 0.3) is 0 Å². The second kappa shape index (κ2) is 8.67. The van der Waals surface area contributed by atoms with E-state index in [1.54, 1.807) is 29.5 Å². The number of aryl methyl sites for hydroxylation is 1. The van der Waals surface area contributed by atoms with Gasteiger partial charge < -0.3 is 19.5 Å². The van der Waals surface area contributed by atoms with Crippen molar-refractivity contribution < 1.29 is 27.9 Å². The first-order chi connectivity index (χ1) is 14.2. The molecule has 30 heavy (non-hydrogen) atoms. The van der Waals surface area contributed by atoms with E-state index < -0.39 is 12.1 Å². The van der Waals surface area contributed by atoms with E-state index in [4.69, 9.17) is 9.90 Å². The van der Waals surface area contributed by atoms with Gasteiger partial charge in [0, 0.05) is 45.6 Å². The standard InChI is InChI=1S/C16H20N6O.C2HF3O2/c1-20-11-18-6-14(20)16(23)22-8-12-2-5-21(9-13(12)10-22)15-7-17-3-4-19-15;3-2(4,5)1(6)7/h3-4,6-7,11-13H,2,5,8-10H2,1H3;(H,6,7)/t12-,13+;/m0./s1. The summed E-state index contributed by atoms with van der Waals surface area (Å²) in [6.07, 6.45) is 4.57. The number of hydrogen-bond donors (Lipinski definition) is 1. The molecule has 162 valence electrons. The van der Waals surface area contributed by atoms with Crippen LogP contribution < -0.4 is 4.90 Å². The van der Waals surface area contributed by atoms with E-state index >= 15 is 0 Å². The number of alkyl halides is 3. The van der Waals surface area contributed by atoms with Gasteiger partial charge in [-0.3, -0.25) is 9.78 Å². The van der Waals surface area contributed by atoms with Gasteiger partial charge in [0.1, 0.15) is 11.5 Å². The minimum atomic E-state index is -5.08. The maximum Gasteiger partial charge on any atom is 0.490 e. The molecule has 1 N–H and O–H groups in total. The summed E-state index contributed by atoms with van der Waals surface area (Å²) in [6, 6.07) is 0. The molecule has 0 unspecified atom stereocenters. The summed E-state index contributed by atoms with van der Waals surface area (Å²) in [5, 5.41) is 7.12. The third kappa shape index (κ3) is 4.86. The monoisotopic (exact) mass is 426 g/mol. The van der Waals surface area contributed by atoms with Crippen LogP contribution in [0.5, 0.6) is 0 Å². The zero-order chi connectivity index (χ0) is 21.9. The third-order valence-electron chi connectivity index (χ3n) is 5.24. The van der Waals surface area contributed by atoms with Gasteiger partial charge >= 0.3 is 12.1 Å². The third-order valence-corrected chi connectivity index (χ3v) is 5.24. The number of piperidine rings is 1. The second-order valence-corrected chi connectivity index (χ2v) is 7.22. The van der Waals surface area contributed by atoms with E-state index in [9.17, 15) is 18.0 Å². The van der Waals surface area contributed by atoms with Crippen LogP contribution >= 0.6 is 0 Å². The van der Waals surface area contributed by atoms with Crippen molar-refractivity contribution in [1.29, 1.82) is 0 Å². The number of nitrogens with zero attached hydrogens (tertiary/aromatic N) is 6. The fourth-order valence-corrected chi connectivity index (χ4v) is 3.72. The fourth-order valence-electron chi connectivity index (χ4n) is 3.72. The molecule has 12 heteroatoms. The van der Waals surface area contributed by atoms with Gasteiger partial charge in [-0.2, -0.15) is 13.2 Å². The Morgan fingerprint density at radius 1 is 1.10 bits per heavy atom. The molecule has 0 radical (unpaired) electrons. The molecule has 2 saturated heterocycles. The lowest BCUT2D eigenvalue weighted by Gasteiger charge is -2.34. The summed E-state index contributed by atoms with van der Waals surface area (Å²) in [5.74, 6) is -0.650. The zero-order valence-electron chi connectivity index (χ0n) is 16.2. The average molecular weight is 426 g/mol. The first-order valence-electron chi connectivity index (χ1n) is 9.23. The molecule has 2 aliphatic rings. The zero-order valence-corrected chi connectivity index (χ0v) is 16.2. The van der Waals surface area contributed by atoms with Crippen LogP contribution in [-0.2, 0) is 11.8 Å². The number of aliphatic carboxylic acids is 1. The SMILES string of the molecule is Cn1cncc1C(=O)N1C[C@@H]2CCN(c3cnccn3)C[C@@H]2C1.O=C(O)C(F)(F)F. The number of aromatic nitrogens is 4. The fraction of sp³-hybridized carbons (Fsp3) is 0.500. The maximum absolute atomic E-state index is 12.7. The Bertz CT molecular complexity index is 889. The van der Waals surface area contributed by atoms with Crippen LogP contribution in [0.4, 0.5) is 19.0 Å². The van der Waals surface area contributed by atoms with E-state index in [2.05, 4.69) is 19.9 Å². The van der Waals surface area contributed by atoms with Crippen LogP contribution in [0.3, 0.4) is 0 Å². The molecule has 0 bridgehead atoms. The quantitative estimate of drug-likeness (QED) is 0.775. The van der Waals surface area contributed by atoms with Crippen molar-refractivity contribution in [1.82, 2.24) is 24.4 Å². The van der Waals surface area contributed by atoms with E-state index in [1.165, 1.54) is 0 Å². The van der Waals surface area contributed by atoms with Crippen molar-refractivity contribution in [3.63, 3.8) is 0 Å². The number of likely N-dealkylation sites (tertiary alicyclic amines) is 1. The lowest BCUT2D eigenvalue weighted by Crippen LogP contribution is -2.40. The Balaban J connectivity index is 0.000000318. The van der Waals surface area contributed by atoms with Crippen LogP contribution in [0.1, 0.15) is 16.9 Å². The Hall–Kier alpha value is -3.18. The van der Waals surface area contributed by atoms with Gasteiger partial charge in [-0.1, -0.05) is 0 Å². The van der Waals surface area contributed by atoms with Crippen molar-refractivity contribution >= 4 is 17.7 Å². The summed E-state index contributed by atoms with van der Waals surface area (Å²) in [6.45, 7) is 3.58. The molecule has 9 nitrogen and oxygen atoms in total. The van der Waals surface area contributed by atoms with Crippen LogP contribution in [-0.4, -0.2) is 73.8 Å². The van der Waals surface area contributed by atoms with Gasteiger partial charge in [-0.15, -0.1) is 0 Å². The van der Waals surface area contributed by atoms with Crippen molar-refractivity contribution in [3.05, 3.63) is 36.8 Å². The van der Waals surface area contributed by atoms with Gasteiger partial charge in [0.15, 0.2) is 0 Å². The van der Waals surface area contributed by atoms with Gasteiger partial charge in [-0.05, 0) is 18.3 Å². The van der Waals surface area contributed by atoms with E-state index in [0.717, 1.165) is 38.4 Å². The number of rotatable bonds is 2. The Labute approximate surface area is 170 Å². The molecule has 2 aromatic heterocycles. The molecular weight excluding hydrogens is 405 g/mol. The summed E-state index contributed by atoms with van der Waals surface area (Å²) in [4.78, 5) is 38.4. The van der Waals surface area contributed by atoms with E-state index in [0.29, 0.717) is 17.5 Å². The Kier molecular flexibility index (Phi) is 6.22. The van der Waals surface area contributed by atoms with Crippen molar-refractivity contribution in [2.24, 2.45) is 18.9 Å². The predicted molar refractivity (Wildman–Crippen MR) is 98.6 cm³/mol.